The van der Waals surface area contributed by atoms with Crippen molar-refractivity contribution in [3.63, 3.8) is 0 Å². The summed E-state index contributed by atoms with van der Waals surface area (Å²) in [5.41, 5.74) is 2.56. The maximum absolute atomic E-state index is 12.1. The van der Waals surface area contributed by atoms with Gasteiger partial charge in [0.2, 0.25) is 5.95 Å². The van der Waals surface area contributed by atoms with Crippen molar-refractivity contribution in [2.45, 2.75) is 25.8 Å². The zero-order valence-electron chi connectivity index (χ0n) is 17.6. The predicted octanol–water partition coefficient (Wildman–Crippen LogP) is 4.00. The lowest BCUT2D eigenvalue weighted by atomic mass is 10.1. The number of nitrogens with one attached hydrogen (secondary N) is 4. The Morgan fingerprint density at radius 2 is 1.91 bits per heavy atom. The van der Waals surface area contributed by atoms with Gasteiger partial charge in [0.05, 0.1) is 23.8 Å². The lowest BCUT2D eigenvalue weighted by Gasteiger charge is -2.12. The van der Waals surface area contributed by atoms with Crippen molar-refractivity contribution in [2.75, 3.05) is 10.6 Å². The molecule has 0 spiro atoms. The van der Waals surface area contributed by atoms with Crippen LogP contribution in [0, 0.1) is 6.92 Å². The molecule has 1 amide bonds. The van der Waals surface area contributed by atoms with Crippen LogP contribution in [0.3, 0.4) is 0 Å². The number of hydrogen-bond acceptors (Lipinski definition) is 8. The molecule has 0 aliphatic heterocycles. The molecule has 1 aliphatic rings. The van der Waals surface area contributed by atoms with Gasteiger partial charge in [-0.25, -0.2) is 15.0 Å². The number of aryl methyl sites for hydroxylation is 1. The van der Waals surface area contributed by atoms with E-state index in [1.165, 1.54) is 6.20 Å². The van der Waals surface area contributed by atoms with Gasteiger partial charge in [-0.2, -0.15) is 10.1 Å². The first-order chi connectivity index (χ1) is 16.0. The highest BCUT2D eigenvalue weighted by atomic mass is 35.5. The molecule has 3 heterocycles. The van der Waals surface area contributed by atoms with Gasteiger partial charge in [-0.3, -0.25) is 9.89 Å². The molecule has 10 nitrogen and oxygen atoms in total. The second kappa shape index (κ2) is 8.83. The van der Waals surface area contributed by atoms with Gasteiger partial charge in [0.1, 0.15) is 16.5 Å². The summed E-state index contributed by atoms with van der Waals surface area (Å²) in [5, 5.41) is 16.7. The average molecular weight is 462 g/mol. The number of amides is 1. The standard InChI is InChI=1S/C22H20ClN9O/c1-12-26-19(32-31-12)15-4-2-3-5-17(15)29-20-16(23)11-25-22(30-20)28-14-8-9-18(24-10-14)21(33)27-13-6-7-13/h2-5,8-11,13H,6-7H2,1H3,(H,27,33)(H,26,31,32)(H2,25,28,29,30). The van der Waals surface area contributed by atoms with Gasteiger partial charge in [-0.15, -0.1) is 0 Å². The number of pyridine rings is 1. The number of carbonyl (C=O) groups is 1. The van der Waals surface area contributed by atoms with E-state index in [-0.39, 0.29) is 11.9 Å². The van der Waals surface area contributed by atoms with E-state index in [0.717, 1.165) is 29.9 Å². The van der Waals surface area contributed by atoms with E-state index in [2.05, 4.69) is 46.1 Å². The van der Waals surface area contributed by atoms with Crippen LogP contribution in [-0.4, -0.2) is 42.1 Å². The van der Waals surface area contributed by atoms with Gasteiger partial charge in [0.25, 0.3) is 5.91 Å². The number of aromatic nitrogens is 6. The fraction of sp³-hybridized carbons (Fsp3) is 0.182. The zero-order valence-corrected chi connectivity index (χ0v) is 18.4. The Morgan fingerprint density at radius 3 is 2.64 bits per heavy atom. The minimum atomic E-state index is -0.168. The third-order valence-corrected chi connectivity index (χ3v) is 5.20. The van der Waals surface area contributed by atoms with Gasteiger partial charge >= 0.3 is 0 Å². The highest BCUT2D eigenvalue weighted by Gasteiger charge is 2.24. The second-order valence-corrected chi connectivity index (χ2v) is 8.02. The Morgan fingerprint density at radius 1 is 1.06 bits per heavy atom. The molecule has 3 aromatic heterocycles. The van der Waals surface area contributed by atoms with Crippen molar-refractivity contribution >= 4 is 40.6 Å². The molecular weight excluding hydrogens is 442 g/mol. The lowest BCUT2D eigenvalue weighted by molar-refractivity contribution is 0.0946. The monoisotopic (exact) mass is 461 g/mol. The Labute approximate surface area is 194 Å². The van der Waals surface area contributed by atoms with Crippen LogP contribution in [-0.2, 0) is 0 Å². The Balaban J connectivity index is 1.33. The number of para-hydroxylation sites is 1. The number of anilines is 4. The number of hydrogen-bond donors (Lipinski definition) is 4. The zero-order chi connectivity index (χ0) is 22.8. The minimum absolute atomic E-state index is 0.168. The van der Waals surface area contributed by atoms with E-state index in [1.54, 1.807) is 18.3 Å². The molecule has 1 aromatic carbocycles. The quantitative estimate of drug-likeness (QED) is 0.324. The summed E-state index contributed by atoms with van der Waals surface area (Å²) >= 11 is 6.34. The van der Waals surface area contributed by atoms with Crippen molar-refractivity contribution in [1.82, 2.24) is 35.5 Å². The SMILES string of the molecule is Cc1nc(-c2ccccc2Nc2nc(Nc3ccc(C(=O)NC4CC4)nc3)ncc2Cl)n[nH]1. The van der Waals surface area contributed by atoms with Crippen LogP contribution in [0.25, 0.3) is 11.4 Å². The normalized spacial score (nSPS) is 12.9. The molecule has 0 unspecified atom stereocenters. The smallest absolute Gasteiger partial charge is 0.270 e. The second-order valence-electron chi connectivity index (χ2n) is 7.61. The number of carbonyl (C=O) groups excluding carboxylic acids is 1. The van der Waals surface area contributed by atoms with Crippen LogP contribution < -0.4 is 16.0 Å². The first kappa shape index (κ1) is 20.8. The van der Waals surface area contributed by atoms with Crippen LogP contribution in [0.1, 0.15) is 29.2 Å². The fourth-order valence-corrected chi connectivity index (χ4v) is 3.25. The van der Waals surface area contributed by atoms with Gasteiger partial charge in [-0.1, -0.05) is 23.7 Å². The summed E-state index contributed by atoms with van der Waals surface area (Å²) in [6.45, 7) is 1.84. The van der Waals surface area contributed by atoms with E-state index in [9.17, 15) is 4.79 Å². The third-order valence-electron chi connectivity index (χ3n) is 4.93. The molecule has 33 heavy (non-hydrogen) atoms. The van der Waals surface area contributed by atoms with Crippen molar-refractivity contribution < 1.29 is 4.79 Å². The van der Waals surface area contributed by atoms with Crippen LogP contribution in [0.5, 0.6) is 0 Å². The number of rotatable bonds is 7. The Bertz CT molecular complexity index is 1300. The van der Waals surface area contributed by atoms with Gasteiger partial charge in [-0.05, 0) is 44.0 Å². The average Bonchev–Trinajstić information content (AvgIpc) is 3.53. The molecule has 11 heteroatoms. The molecule has 0 radical (unpaired) electrons. The summed E-state index contributed by atoms with van der Waals surface area (Å²) < 4.78 is 0. The minimum Gasteiger partial charge on any atom is -0.348 e. The fourth-order valence-electron chi connectivity index (χ4n) is 3.11. The maximum Gasteiger partial charge on any atom is 0.270 e. The summed E-state index contributed by atoms with van der Waals surface area (Å²) in [7, 11) is 0. The van der Waals surface area contributed by atoms with E-state index in [0.29, 0.717) is 34.0 Å². The molecule has 5 rings (SSSR count). The molecule has 1 saturated carbocycles. The van der Waals surface area contributed by atoms with Crippen LogP contribution in [0.4, 0.5) is 23.1 Å². The van der Waals surface area contributed by atoms with Crippen LogP contribution >= 0.6 is 11.6 Å². The van der Waals surface area contributed by atoms with E-state index >= 15 is 0 Å². The van der Waals surface area contributed by atoms with Gasteiger partial charge in [0.15, 0.2) is 11.6 Å². The number of H-pyrrole nitrogens is 1. The van der Waals surface area contributed by atoms with E-state index in [1.807, 2.05) is 31.2 Å². The molecule has 1 fully saturated rings. The first-order valence-corrected chi connectivity index (χ1v) is 10.7. The lowest BCUT2D eigenvalue weighted by Crippen LogP contribution is -2.26. The molecule has 0 atom stereocenters. The molecule has 4 N–H and O–H groups in total. The highest BCUT2D eigenvalue weighted by Crippen LogP contribution is 2.30. The third kappa shape index (κ3) is 4.90. The highest BCUT2D eigenvalue weighted by molar-refractivity contribution is 6.33. The number of aromatic amines is 1. The van der Waals surface area contributed by atoms with Gasteiger partial charge < -0.3 is 16.0 Å². The predicted molar refractivity (Wildman–Crippen MR) is 125 cm³/mol. The van der Waals surface area contributed by atoms with Gasteiger partial charge in [0, 0.05) is 11.6 Å². The number of halogens is 1. The van der Waals surface area contributed by atoms with Crippen molar-refractivity contribution in [3.8, 4) is 11.4 Å². The van der Waals surface area contributed by atoms with E-state index < -0.39 is 0 Å². The molecule has 0 saturated heterocycles. The summed E-state index contributed by atoms with van der Waals surface area (Å²) in [6.07, 6.45) is 5.12. The van der Waals surface area contributed by atoms with Crippen molar-refractivity contribution in [3.05, 3.63) is 65.3 Å². The largest absolute Gasteiger partial charge is 0.348 e. The Kier molecular flexibility index (Phi) is 5.57. The molecule has 1 aliphatic carbocycles. The molecule has 0 bridgehead atoms. The van der Waals surface area contributed by atoms with Crippen LogP contribution in [0.15, 0.2) is 48.8 Å². The number of benzene rings is 1. The first-order valence-electron chi connectivity index (χ1n) is 10.4. The van der Waals surface area contributed by atoms with Crippen molar-refractivity contribution in [2.24, 2.45) is 0 Å². The molecule has 4 aromatic rings. The van der Waals surface area contributed by atoms with Crippen LogP contribution in [0.2, 0.25) is 5.02 Å². The summed E-state index contributed by atoms with van der Waals surface area (Å²) in [6, 6.07) is 11.3. The Hall–Kier alpha value is -4.05. The maximum atomic E-state index is 12.1. The van der Waals surface area contributed by atoms with Crippen molar-refractivity contribution in [1.29, 1.82) is 0 Å². The molecule has 166 valence electrons. The molecular formula is C22H20ClN9O. The number of nitrogens with zero attached hydrogens (tertiary/aromatic N) is 5. The topological polar surface area (TPSA) is 133 Å². The summed E-state index contributed by atoms with van der Waals surface area (Å²) in [4.78, 5) is 29.4. The van der Waals surface area contributed by atoms with E-state index in [4.69, 9.17) is 11.6 Å². The summed E-state index contributed by atoms with van der Waals surface area (Å²) in [5.74, 6) is 1.86.